The topological polar surface area (TPSA) is 156 Å². The van der Waals surface area contributed by atoms with Crippen molar-refractivity contribution in [2.24, 2.45) is 5.92 Å². The molecule has 14 heteroatoms. The first-order valence-corrected chi connectivity index (χ1v) is 14.2. The SMILES string of the molecule is Cc1ccnc([C@@H]2C[C@H]2C(=O)Nc2ncnc3nn(Cc4cn5cc(C6CC6)cc(N6CC(=O)N(C)C6=O)c5n4)cc23)n1. The number of hydrogen-bond acceptors (Lipinski definition) is 9. The first-order valence-electron chi connectivity index (χ1n) is 14.2. The Kier molecular flexibility index (Phi) is 5.55. The predicted octanol–water partition coefficient (Wildman–Crippen LogP) is 2.64. The minimum atomic E-state index is -0.361. The Bertz CT molecular complexity index is 1980. The summed E-state index contributed by atoms with van der Waals surface area (Å²) in [5.74, 6) is 0.918. The lowest BCUT2D eigenvalue weighted by Crippen LogP contribution is -2.30. The highest BCUT2D eigenvalue weighted by molar-refractivity contribution is 6.13. The van der Waals surface area contributed by atoms with Gasteiger partial charge in [0.1, 0.15) is 24.5 Å². The van der Waals surface area contributed by atoms with Gasteiger partial charge in [0, 0.05) is 49.4 Å². The van der Waals surface area contributed by atoms with Gasteiger partial charge in [-0.25, -0.2) is 29.7 Å². The average molecular weight is 578 g/mol. The lowest BCUT2D eigenvalue weighted by Gasteiger charge is -2.17. The number of fused-ring (bicyclic) bond motifs is 2. The largest absolute Gasteiger partial charge is 0.331 e. The van der Waals surface area contributed by atoms with Gasteiger partial charge in [0.2, 0.25) is 11.8 Å². The third-order valence-electron chi connectivity index (χ3n) is 8.33. The highest BCUT2D eigenvalue weighted by Gasteiger charge is 2.46. The third-order valence-corrected chi connectivity index (χ3v) is 8.33. The number of hydrogen-bond donors (Lipinski definition) is 1. The Morgan fingerprint density at radius 2 is 1.95 bits per heavy atom. The highest BCUT2D eigenvalue weighted by atomic mass is 16.2. The van der Waals surface area contributed by atoms with Crippen LogP contribution in [0.4, 0.5) is 16.3 Å². The minimum Gasteiger partial charge on any atom is -0.310 e. The number of nitrogens with one attached hydrogen (secondary N) is 1. The summed E-state index contributed by atoms with van der Waals surface area (Å²) in [7, 11) is 1.49. The van der Waals surface area contributed by atoms with Crippen LogP contribution in [-0.2, 0) is 16.1 Å². The second kappa shape index (κ2) is 9.37. The summed E-state index contributed by atoms with van der Waals surface area (Å²) >= 11 is 0. The second-order valence-corrected chi connectivity index (χ2v) is 11.5. The average Bonchev–Trinajstić information content (AvgIpc) is 3.90. The second-order valence-electron chi connectivity index (χ2n) is 11.5. The van der Waals surface area contributed by atoms with Gasteiger partial charge in [0.15, 0.2) is 11.3 Å². The summed E-state index contributed by atoms with van der Waals surface area (Å²) in [4.78, 5) is 63.0. The first-order chi connectivity index (χ1) is 20.8. The van der Waals surface area contributed by atoms with E-state index in [-0.39, 0.29) is 36.2 Å². The Morgan fingerprint density at radius 1 is 1.09 bits per heavy atom. The van der Waals surface area contributed by atoms with Gasteiger partial charge in [-0.3, -0.25) is 24.1 Å². The summed E-state index contributed by atoms with van der Waals surface area (Å²) in [5.41, 5.74) is 4.37. The van der Waals surface area contributed by atoms with Crippen molar-refractivity contribution in [3.05, 3.63) is 66.0 Å². The number of nitrogens with zero attached hydrogens (tertiary/aromatic N) is 10. The molecule has 1 saturated heterocycles. The van der Waals surface area contributed by atoms with Crippen LogP contribution in [0.1, 0.15) is 53.9 Å². The number of aryl methyl sites for hydroxylation is 1. The monoisotopic (exact) mass is 577 g/mol. The van der Waals surface area contributed by atoms with Gasteiger partial charge in [-0.2, -0.15) is 5.10 Å². The smallest absolute Gasteiger partial charge is 0.310 e. The normalized spacial score (nSPS) is 20.0. The van der Waals surface area contributed by atoms with E-state index < -0.39 is 0 Å². The van der Waals surface area contributed by atoms with Crippen LogP contribution < -0.4 is 10.2 Å². The van der Waals surface area contributed by atoms with Gasteiger partial charge in [-0.15, -0.1) is 0 Å². The number of rotatable bonds is 7. The Hall–Kier alpha value is -5.27. The molecule has 5 aromatic heterocycles. The molecular weight excluding hydrogens is 550 g/mol. The number of carbonyl (C=O) groups excluding carboxylic acids is 3. The maximum absolute atomic E-state index is 13.0. The molecule has 2 aliphatic carbocycles. The number of imide groups is 1. The van der Waals surface area contributed by atoms with E-state index in [1.54, 1.807) is 17.1 Å². The van der Waals surface area contributed by atoms with Crippen LogP contribution in [0.2, 0.25) is 0 Å². The van der Waals surface area contributed by atoms with Gasteiger partial charge in [0.05, 0.1) is 23.3 Å². The maximum Gasteiger partial charge on any atom is 0.331 e. The zero-order valence-electron chi connectivity index (χ0n) is 23.5. The van der Waals surface area contributed by atoms with E-state index in [1.165, 1.54) is 18.3 Å². The third kappa shape index (κ3) is 4.45. The van der Waals surface area contributed by atoms with Crippen molar-refractivity contribution in [2.75, 3.05) is 23.8 Å². The fourth-order valence-electron chi connectivity index (χ4n) is 5.71. The highest BCUT2D eigenvalue weighted by Crippen LogP contribution is 2.46. The van der Waals surface area contributed by atoms with Gasteiger partial charge in [-0.05, 0) is 49.8 Å². The number of amides is 4. The van der Waals surface area contributed by atoms with E-state index >= 15 is 0 Å². The zero-order chi connectivity index (χ0) is 29.4. The molecule has 43 heavy (non-hydrogen) atoms. The summed E-state index contributed by atoms with van der Waals surface area (Å²) in [6.07, 6.45) is 11.7. The molecule has 3 fully saturated rings. The first kappa shape index (κ1) is 25.4. The van der Waals surface area contributed by atoms with Crippen molar-refractivity contribution in [2.45, 2.75) is 44.6 Å². The van der Waals surface area contributed by atoms with Gasteiger partial charge < -0.3 is 9.72 Å². The van der Waals surface area contributed by atoms with Crippen molar-refractivity contribution >= 4 is 46.0 Å². The van der Waals surface area contributed by atoms with Crippen molar-refractivity contribution in [3.63, 3.8) is 0 Å². The standard InChI is InChI=1S/C29H27N11O3/c1-15-5-6-30-24(33-15)19-8-20(19)28(42)35-25-21-12-39(36-26(21)32-14-31-25)11-18-10-38-9-17(16-3-4-16)7-22(27(38)34-18)40-13-23(41)37(2)29(40)43/h5-7,9-10,12,14,16,19-20H,3-4,8,11,13H2,1-2H3,(H,31,32,35,36,42)/t19-,20-/m1/s1. The van der Waals surface area contributed by atoms with E-state index in [1.807, 2.05) is 35.9 Å². The Balaban J connectivity index is 1.06. The molecule has 0 radical (unpaired) electrons. The van der Waals surface area contributed by atoms with Gasteiger partial charge >= 0.3 is 6.03 Å². The number of imidazole rings is 1. The molecule has 0 aromatic carbocycles. The molecule has 0 spiro atoms. The minimum absolute atomic E-state index is 0.00491. The van der Waals surface area contributed by atoms with Crippen molar-refractivity contribution in [1.82, 2.24) is 44.0 Å². The molecule has 2 saturated carbocycles. The number of likely N-dealkylation sites (N-methyl/N-ethyl adjacent to an activating group) is 1. The fraction of sp³-hybridized carbons (Fsp3) is 0.345. The van der Waals surface area contributed by atoms with E-state index in [4.69, 9.17) is 4.98 Å². The predicted molar refractivity (Wildman–Crippen MR) is 153 cm³/mol. The number of aromatic nitrogens is 8. The number of urea groups is 1. The number of carbonyl (C=O) groups is 3. The molecule has 8 rings (SSSR count). The van der Waals surface area contributed by atoms with Crippen LogP contribution in [0.5, 0.6) is 0 Å². The van der Waals surface area contributed by atoms with Crippen LogP contribution in [0.25, 0.3) is 16.7 Å². The van der Waals surface area contributed by atoms with Gasteiger partial charge in [-0.1, -0.05) is 0 Å². The molecule has 0 unspecified atom stereocenters. The number of pyridine rings is 1. The summed E-state index contributed by atoms with van der Waals surface area (Å²) in [6, 6.07) is 3.46. The van der Waals surface area contributed by atoms with E-state index in [0.717, 1.165) is 29.0 Å². The van der Waals surface area contributed by atoms with E-state index in [0.29, 0.717) is 58.6 Å². The van der Waals surface area contributed by atoms with Crippen LogP contribution >= 0.6 is 0 Å². The lowest BCUT2D eigenvalue weighted by molar-refractivity contribution is -0.124. The maximum atomic E-state index is 13.0. The van der Waals surface area contributed by atoms with Crippen LogP contribution in [0.3, 0.4) is 0 Å². The van der Waals surface area contributed by atoms with Crippen molar-refractivity contribution < 1.29 is 14.4 Å². The number of anilines is 2. The van der Waals surface area contributed by atoms with E-state index in [2.05, 4.69) is 30.4 Å². The van der Waals surface area contributed by atoms with Crippen LogP contribution in [-0.4, -0.2) is 75.4 Å². The molecular formula is C29H27N11O3. The molecule has 0 bridgehead atoms. The molecule has 5 aromatic rings. The summed E-state index contributed by atoms with van der Waals surface area (Å²) in [5, 5.41) is 8.16. The Morgan fingerprint density at radius 3 is 2.72 bits per heavy atom. The molecule has 2 atom stereocenters. The lowest BCUT2D eigenvalue weighted by atomic mass is 10.1. The zero-order valence-corrected chi connectivity index (χ0v) is 23.5. The Labute approximate surface area is 244 Å². The van der Waals surface area contributed by atoms with E-state index in [9.17, 15) is 14.4 Å². The molecule has 6 heterocycles. The molecule has 14 nitrogen and oxygen atoms in total. The van der Waals surface area contributed by atoms with Crippen molar-refractivity contribution in [3.8, 4) is 0 Å². The quantitative estimate of drug-likeness (QED) is 0.287. The fourth-order valence-corrected chi connectivity index (χ4v) is 5.71. The molecule has 1 N–H and O–H groups in total. The van der Waals surface area contributed by atoms with Crippen LogP contribution in [0.15, 0.2) is 43.2 Å². The molecule has 216 valence electrons. The van der Waals surface area contributed by atoms with Gasteiger partial charge in [0.25, 0.3) is 0 Å². The summed E-state index contributed by atoms with van der Waals surface area (Å²) < 4.78 is 3.63. The van der Waals surface area contributed by atoms with Crippen molar-refractivity contribution in [1.29, 1.82) is 0 Å². The van der Waals surface area contributed by atoms with Crippen LogP contribution in [0, 0.1) is 12.8 Å². The molecule has 1 aliphatic heterocycles. The molecule has 3 aliphatic rings. The summed E-state index contributed by atoms with van der Waals surface area (Å²) in [6.45, 7) is 2.22. The molecule has 4 amide bonds.